The molecule has 2 heterocycles. The number of hydrogen-bond acceptors (Lipinski definition) is 6. The Morgan fingerprint density at radius 3 is 2.42 bits per heavy atom. The quantitative estimate of drug-likeness (QED) is 0.764. The van der Waals surface area contributed by atoms with E-state index in [-0.39, 0.29) is 4.90 Å². The van der Waals surface area contributed by atoms with Gasteiger partial charge >= 0.3 is 0 Å². The molecule has 3 aromatic rings. The first-order valence-corrected chi connectivity index (χ1v) is 8.52. The van der Waals surface area contributed by atoms with Crippen LogP contribution in [0.3, 0.4) is 0 Å². The van der Waals surface area contributed by atoms with E-state index < -0.39 is 10.0 Å². The summed E-state index contributed by atoms with van der Waals surface area (Å²) in [5.74, 6) is 0.959. The molecule has 0 amide bonds. The molecule has 7 nitrogen and oxygen atoms in total. The van der Waals surface area contributed by atoms with Gasteiger partial charge in [-0.1, -0.05) is 12.1 Å². The van der Waals surface area contributed by atoms with Gasteiger partial charge in [-0.3, -0.25) is 4.72 Å². The van der Waals surface area contributed by atoms with Crippen LogP contribution in [0, 0.1) is 6.92 Å². The number of nitrogens with one attached hydrogen (secondary N) is 1. The Kier molecular flexibility index (Phi) is 4.22. The van der Waals surface area contributed by atoms with Gasteiger partial charge in [-0.25, -0.2) is 18.4 Å². The topological polar surface area (TPSA) is 94.3 Å². The van der Waals surface area contributed by atoms with E-state index in [1.165, 1.54) is 31.7 Å². The molecular weight excluding hydrogens is 330 g/mol. The van der Waals surface area contributed by atoms with Gasteiger partial charge in [-0.15, -0.1) is 0 Å². The van der Waals surface area contributed by atoms with Crippen molar-refractivity contribution in [3.63, 3.8) is 0 Å². The number of benzene rings is 1. The third-order valence-corrected chi connectivity index (χ3v) is 4.67. The molecule has 0 spiro atoms. The zero-order chi connectivity index (χ0) is 17.2. The van der Waals surface area contributed by atoms with Crippen LogP contribution in [0.5, 0.6) is 5.88 Å². The van der Waals surface area contributed by atoms with Crippen molar-refractivity contribution < 1.29 is 17.6 Å². The maximum Gasteiger partial charge on any atom is 0.261 e. The fourth-order valence-corrected chi connectivity index (χ4v) is 3.12. The Hall–Kier alpha value is -2.87. The van der Waals surface area contributed by atoms with Crippen molar-refractivity contribution >= 4 is 15.7 Å². The predicted molar refractivity (Wildman–Crippen MR) is 88.3 cm³/mol. The number of ether oxygens (including phenoxy) is 1. The zero-order valence-corrected chi connectivity index (χ0v) is 13.9. The SMILES string of the molecule is COc1ccc(NS(=O)(=O)c2ccc(-c3coc(C)n3)cc2)cn1. The summed E-state index contributed by atoms with van der Waals surface area (Å²) in [5, 5.41) is 0. The van der Waals surface area contributed by atoms with Gasteiger partial charge in [0.2, 0.25) is 5.88 Å². The second-order valence-electron chi connectivity index (χ2n) is 4.97. The number of anilines is 1. The fourth-order valence-electron chi connectivity index (χ4n) is 2.08. The molecule has 0 aliphatic heterocycles. The lowest BCUT2D eigenvalue weighted by molar-refractivity contribution is 0.398. The number of pyridine rings is 1. The van der Waals surface area contributed by atoms with E-state index >= 15 is 0 Å². The van der Waals surface area contributed by atoms with Gasteiger partial charge in [-0.2, -0.15) is 0 Å². The van der Waals surface area contributed by atoms with Crippen LogP contribution >= 0.6 is 0 Å². The molecule has 0 fully saturated rings. The lowest BCUT2D eigenvalue weighted by Gasteiger charge is -2.08. The molecule has 24 heavy (non-hydrogen) atoms. The second kappa shape index (κ2) is 6.32. The summed E-state index contributed by atoms with van der Waals surface area (Å²) in [6.07, 6.45) is 2.92. The minimum atomic E-state index is -3.70. The van der Waals surface area contributed by atoms with Crippen molar-refractivity contribution in [2.24, 2.45) is 0 Å². The highest BCUT2D eigenvalue weighted by atomic mass is 32.2. The van der Waals surface area contributed by atoms with Crippen molar-refractivity contribution in [3.05, 3.63) is 54.7 Å². The van der Waals surface area contributed by atoms with E-state index in [1.807, 2.05) is 0 Å². The normalized spacial score (nSPS) is 11.2. The Balaban J connectivity index is 1.81. The predicted octanol–water partition coefficient (Wildman–Crippen LogP) is 2.85. The summed E-state index contributed by atoms with van der Waals surface area (Å²) >= 11 is 0. The van der Waals surface area contributed by atoms with Crippen LogP contribution < -0.4 is 9.46 Å². The Morgan fingerprint density at radius 1 is 1.12 bits per heavy atom. The van der Waals surface area contributed by atoms with Gasteiger partial charge in [0.25, 0.3) is 10.0 Å². The number of sulfonamides is 1. The Bertz CT molecular complexity index is 932. The summed E-state index contributed by atoms with van der Waals surface area (Å²) in [6, 6.07) is 9.54. The van der Waals surface area contributed by atoms with Gasteiger partial charge in [0.05, 0.1) is 23.9 Å². The first-order valence-electron chi connectivity index (χ1n) is 7.03. The molecule has 0 aliphatic carbocycles. The molecule has 0 saturated heterocycles. The van der Waals surface area contributed by atoms with Crippen molar-refractivity contribution in [1.82, 2.24) is 9.97 Å². The van der Waals surface area contributed by atoms with E-state index in [4.69, 9.17) is 9.15 Å². The summed E-state index contributed by atoms with van der Waals surface area (Å²) in [4.78, 5) is 8.31. The highest BCUT2D eigenvalue weighted by Gasteiger charge is 2.15. The lowest BCUT2D eigenvalue weighted by Crippen LogP contribution is -2.13. The average molecular weight is 345 g/mol. The molecule has 0 unspecified atom stereocenters. The third-order valence-electron chi connectivity index (χ3n) is 3.28. The van der Waals surface area contributed by atoms with Crippen LogP contribution in [-0.4, -0.2) is 25.5 Å². The maximum atomic E-state index is 12.4. The van der Waals surface area contributed by atoms with Gasteiger partial charge in [-0.05, 0) is 18.2 Å². The molecule has 1 aromatic carbocycles. The maximum absolute atomic E-state index is 12.4. The summed E-state index contributed by atoms with van der Waals surface area (Å²) in [7, 11) is -2.21. The molecule has 0 radical (unpaired) electrons. The molecule has 3 rings (SSSR count). The molecule has 2 aromatic heterocycles. The zero-order valence-electron chi connectivity index (χ0n) is 13.1. The first kappa shape index (κ1) is 16.0. The molecular formula is C16H15N3O4S. The van der Waals surface area contributed by atoms with Crippen LogP contribution in [0.2, 0.25) is 0 Å². The molecule has 0 atom stereocenters. The summed E-state index contributed by atoms with van der Waals surface area (Å²) < 4.78 is 37.4. The molecule has 8 heteroatoms. The number of methoxy groups -OCH3 is 1. The largest absolute Gasteiger partial charge is 0.481 e. The second-order valence-corrected chi connectivity index (χ2v) is 6.65. The van der Waals surface area contributed by atoms with Crippen LogP contribution in [0.1, 0.15) is 5.89 Å². The lowest BCUT2D eigenvalue weighted by atomic mass is 10.2. The molecule has 124 valence electrons. The van der Waals surface area contributed by atoms with Crippen molar-refractivity contribution in [2.45, 2.75) is 11.8 Å². The standard InChI is InChI=1S/C16H15N3O4S/c1-11-18-15(10-23-11)12-3-6-14(7-4-12)24(20,21)19-13-5-8-16(22-2)17-9-13/h3-10,19H,1-2H3. The first-order chi connectivity index (χ1) is 11.5. The molecule has 1 N–H and O–H groups in total. The average Bonchev–Trinajstić information content (AvgIpc) is 3.02. The number of aromatic nitrogens is 2. The number of nitrogens with zero attached hydrogens (tertiary/aromatic N) is 2. The van der Waals surface area contributed by atoms with Crippen LogP contribution in [0.25, 0.3) is 11.3 Å². The third kappa shape index (κ3) is 3.38. The monoisotopic (exact) mass is 345 g/mol. The van der Waals surface area contributed by atoms with Crippen molar-refractivity contribution in [2.75, 3.05) is 11.8 Å². The minimum absolute atomic E-state index is 0.141. The smallest absolute Gasteiger partial charge is 0.261 e. The summed E-state index contributed by atoms with van der Waals surface area (Å²) in [5.41, 5.74) is 1.78. The minimum Gasteiger partial charge on any atom is -0.481 e. The fraction of sp³-hybridized carbons (Fsp3) is 0.125. The summed E-state index contributed by atoms with van der Waals surface area (Å²) in [6.45, 7) is 1.75. The van der Waals surface area contributed by atoms with E-state index in [1.54, 1.807) is 31.2 Å². The number of oxazole rings is 1. The number of hydrogen-bond donors (Lipinski definition) is 1. The van der Waals surface area contributed by atoms with Crippen molar-refractivity contribution in [3.8, 4) is 17.1 Å². The Labute approximate surface area is 139 Å². The van der Waals surface area contributed by atoms with Crippen LogP contribution in [0.4, 0.5) is 5.69 Å². The van der Waals surface area contributed by atoms with E-state index in [9.17, 15) is 8.42 Å². The van der Waals surface area contributed by atoms with Gasteiger partial charge < -0.3 is 9.15 Å². The van der Waals surface area contributed by atoms with Crippen molar-refractivity contribution in [1.29, 1.82) is 0 Å². The Morgan fingerprint density at radius 2 is 1.88 bits per heavy atom. The van der Waals surface area contributed by atoms with Crippen LogP contribution in [-0.2, 0) is 10.0 Å². The molecule has 0 saturated carbocycles. The van der Waals surface area contributed by atoms with E-state index in [0.29, 0.717) is 23.2 Å². The van der Waals surface area contributed by atoms with Crippen LogP contribution in [0.15, 0.2) is 58.2 Å². The molecule has 0 aliphatic rings. The van der Waals surface area contributed by atoms with Gasteiger partial charge in [0.15, 0.2) is 5.89 Å². The number of aryl methyl sites for hydroxylation is 1. The highest BCUT2D eigenvalue weighted by molar-refractivity contribution is 7.92. The molecule has 0 bridgehead atoms. The van der Waals surface area contributed by atoms with E-state index in [0.717, 1.165) is 5.56 Å². The van der Waals surface area contributed by atoms with Gasteiger partial charge in [0, 0.05) is 18.6 Å². The highest BCUT2D eigenvalue weighted by Crippen LogP contribution is 2.22. The van der Waals surface area contributed by atoms with Gasteiger partial charge in [0.1, 0.15) is 12.0 Å². The number of rotatable bonds is 5. The van der Waals surface area contributed by atoms with E-state index in [2.05, 4.69) is 14.7 Å².